The molecule has 172 valence electrons. The number of aryl methyl sites for hydroxylation is 2. The van der Waals surface area contributed by atoms with E-state index in [1.54, 1.807) is 6.20 Å². The Labute approximate surface area is 190 Å². The molecule has 2 aliphatic rings. The summed E-state index contributed by atoms with van der Waals surface area (Å²) in [4.78, 5) is 36.9. The maximum atomic E-state index is 13.6. The lowest BCUT2D eigenvalue weighted by Crippen LogP contribution is -2.57. The first-order valence-electron chi connectivity index (χ1n) is 11.6. The van der Waals surface area contributed by atoms with E-state index in [1.807, 2.05) is 47.4 Å². The number of rotatable bonds is 8. The van der Waals surface area contributed by atoms with E-state index in [0.717, 1.165) is 38.0 Å². The van der Waals surface area contributed by atoms with Gasteiger partial charge in [0, 0.05) is 63.9 Å². The second-order valence-corrected chi connectivity index (χ2v) is 9.54. The molecule has 0 unspecified atom stereocenters. The monoisotopic (exact) mass is 438 g/mol. The summed E-state index contributed by atoms with van der Waals surface area (Å²) in [5, 5.41) is 4.25. The average Bonchev–Trinajstić information content (AvgIpc) is 3.26. The van der Waals surface area contributed by atoms with Gasteiger partial charge in [0.25, 0.3) is 5.91 Å². The number of urea groups is 1. The van der Waals surface area contributed by atoms with Crippen LogP contribution >= 0.6 is 0 Å². The minimum atomic E-state index is -0.693. The first kappa shape index (κ1) is 22.5. The SMILES string of the molecule is CC(C)CN1C(=O)N(CCCc2cccnc2)C(=O)C12CCN(Cc1cnn(C)c1)CC2. The number of amides is 3. The normalized spacial score (nSPS) is 19.0. The highest BCUT2D eigenvalue weighted by molar-refractivity contribution is 6.07. The Balaban J connectivity index is 1.43. The van der Waals surface area contributed by atoms with E-state index in [2.05, 4.69) is 28.8 Å². The summed E-state index contributed by atoms with van der Waals surface area (Å²) in [5.74, 6) is 0.308. The van der Waals surface area contributed by atoms with Crippen LogP contribution in [0.1, 0.15) is 44.2 Å². The van der Waals surface area contributed by atoms with Gasteiger partial charge >= 0.3 is 6.03 Å². The Morgan fingerprint density at radius 1 is 1.12 bits per heavy atom. The summed E-state index contributed by atoms with van der Waals surface area (Å²) in [6.07, 6.45) is 10.5. The molecule has 2 aliphatic heterocycles. The van der Waals surface area contributed by atoms with Crippen molar-refractivity contribution in [3.05, 3.63) is 48.0 Å². The molecule has 2 aromatic rings. The zero-order chi connectivity index (χ0) is 22.7. The van der Waals surface area contributed by atoms with Gasteiger partial charge in [-0.15, -0.1) is 0 Å². The first-order chi connectivity index (χ1) is 15.4. The predicted molar refractivity (Wildman–Crippen MR) is 122 cm³/mol. The van der Waals surface area contributed by atoms with E-state index < -0.39 is 5.54 Å². The first-order valence-corrected chi connectivity index (χ1v) is 11.6. The van der Waals surface area contributed by atoms with Crippen LogP contribution in [0.25, 0.3) is 0 Å². The maximum absolute atomic E-state index is 13.6. The van der Waals surface area contributed by atoms with Gasteiger partial charge < -0.3 is 4.90 Å². The Hall–Kier alpha value is -2.74. The van der Waals surface area contributed by atoms with Crippen LogP contribution in [0.2, 0.25) is 0 Å². The molecule has 2 fully saturated rings. The van der Waals surface area contributed by atoms with E-state index in [0.29, 0.717) is 31.8 Å². The summed E-state index contributed by atoms with van der Waals surface area (Å²) in [6, 6.07) is 3.83. The third kappa shape index (κ3) is 4.55. The maximum Gasteiger partial charge on any atom is 0.327 e. The van der Waals surface area contributed by atoms with Crippen molar-refractivity contribution in [1.29, 1.82) is 0 Å². The summed E-state index contributed by atoms with van der Waals surface area (Å²) in [7, 11) is 1.92. The van der Waals surface area contributed by atoms with Gasteiger partial charge in [-0.25, -0.2) is 4.79 Å². The summed E-state index contributed by atoms with van der Waals surface area (Å²) >= 11 is 0. The predicted octanol–water partition coefficient (Wildman–Crippen LogP) is 2.70. The quantitative estimate of drug-likeness (QED) is 0.593. The van der Waals surface area contributed by atoms with Gasteiger partial charge in [0.2, 0.25) is 0 Å². The summed E-state index contributed by atoms with van der Waals surface area (Å²) in [5.41, 5.74) is 1.61. The minimum Gasteiger partial charge on any atom is -0.309 e. The molecule has 0 aromatic carbocycles. The van der Waals surface area contributed by atoms with Crippen molar-refractivity contribution in [3.63, 3.8) is 0 Å². The number of carbonyl (C=O) groups excluding carboxylic acids is 2. The largest absolute Gasteiger partial charge is 0.327 e. The molecular formula is C24H34N6O2. The fraction of sp³-hybridized carbons (Fsp3) is 0.583. The standard InChI is InChI=1S/C24H34N6O2/c1-19(2)16-30-23(32)29(11-5-7-20-6-4-10-25-14-20)22(31)24(30)8-12-28(13-9-24)18-21-15-26-27(3)17-21/h4,6,10,14-15,17,19H,5,7-9,11-13,16,18H2,1-3H3. The number of hydrogen-bond donors (Lipinski definition) is 0. The van der Waals surface area contributed by atoms with Crippen LogP contribution in [0.15, 0.2) is 36.9 Å². The molecular weight excluding hydrogens is 404 g/mol. The van der Waals surface area contributed by atoms with E-state index in [1.165, 1.54) is 10.5 Å². The molecule has 0 radical (unpaired) electrons. The topological polar surface area (TPSA) is 74.6 Å². The second-order valence-electron chi connectivity index (χ2n) is 9.54. The molecule has 0 bridgehead atoms. The molecule has 0 atom stereocenters. The Morgan fingerprint density at radius 3 is 2.53 bits per heavy atom. The molecule has 8 nitrogen and oxygen atoms in total. The molecule has 2 saturated heterocycles. The van der Waals surface area contributed by atoms with Crippen LogP contribution in [-0.2, 0) is 24.8 Å². The van der Waals surface area contributed by atoms with E-state index in [9.17, 15) is 9.59 Å². The third-order valence-electron chi connectivity index (χ3n) is 6.59. The van der Waals surface area contributed by atoms with Gasteiger partial charge in [-0.1, -0.05) is 19.9 Å². The molecule has 0 aliphatic carbocycles. The van der Waals surface area contributed by atoms with Crippen molar-refractivity contribution in [3.8, 4) is 0 Å². The van der Waals surface area contributed by atoms with Gasteiger partial charge in [0.05, 0.1) is 6.20 Å². The zero-order valence-corrected chi connectivity index (χ0v) is 19.4. The number of likely N-dealkylation sites (tertiary alicyclic amines) is 1. The van der Waals surface area contributed by atoms with E-state index >= 15 is 0 Å². The molecule has 32 heavy (non-hydrogen) atoms. The highest BCUT2D eigenvalue weighted by Gasteiger charge is 2.57. The number of pyridine rings is 1. The van der Waals surface area contributed by atoms with Crippen LogP contribution in [0.3, 0.4) is 0 Å². The Bertz CT molecular complexity index is 933. The molecule has 3 amide bonds. The zero-order valence-electron chi connectivity index (χ0n) is 19.4. The minimum absolute atomic E-state index is 0.00429. The second kappa shape index (κ2) is 9.40. The lowest BCUT2D eigenvalue weighted by Gasteiger charge is -2.42. The summed E-state index contributed by atoms with van der Waals surface area (Å²) < 4.78 is 1.81. The van der Waals surface area contributed by atoms with Crippen LogP contribution in [-0.4, -0.2) is 73.1 Å². The Kier molecular flexibility index (Phi) is 6.60. The number of carbonyl (C=O) groups is 2. The van der Waals surface area contributed by atoms with Crippen LogP contribution in [0.4, 0.5) is 4.79 Å². The number of imide groups is 1. The number of aromatic nitrogens is 3. The molecule has 4 rings (SSSR count). The summed E-state index contributed by atoms with van der Waals surface area (Å²) in [6.45, 7) is 7.71. The number of hydrogen-bond acceptors (Lipinski definition) is 5. The van der Waals surface area contributed by atoms with Crippen molar-refractivity contribution >= 4 is 11.9 Å². The molecule has 0 saturated carbocycles. The van der Waals surface area contributed by atoms with Crippen molar-refractivity contribution in [2.24, 2.45) is 13.0 Å². The smallest absolute Gasteiger partial charge is 0.309 e. The lowest BCUT2D eigenvalue weighted by molar-refractivity contribution is -0.135. The van der Waals surface area contributed by atoms with Crippen molar-refractivity contribution in [2.45, 2.75) is 51.6 Å². The van der Waals surface area contributed by atoms with Gasteiger partial charge in [-0.05, 0) is 43.2 Å². The third-order valence-corrected chi connectivity index (χ3v) is 6.59. The molecule has 4 heterocycles. The van der Waals surface area contributed by atoms with Gasteiger partial charge in [-0.2, -0.15) is 5.10 Å². The molecule has 0 N–H and O–H groups in total. The number of piperidine rings is 1. The lowest BCUT2D eigenvalue weighted by atomic mass is 9.85. The van der Waals surface area contributed by atoms with Crippen LogP contribution in [0, 0.1) is 5.92 Å². The van der Waals surface area contributed by atoms with Crippen LogP contribution < -0.4 is 0 Å². The van der Waals surface area contributed by atoms with Gasteiger partial charge in [0.15, 0.2) is 0 Å². The van der Waals surface area contributed by atoms with Gasteiger partial charge in [0.1, 0.15) is 5.54 Å². The molecule has 8 heteroatoms. The van der Waals surface area contributed by atoms with Crippen molar-refractivity contribution in [2.75, 3.05) is 26.2 Å². The highest BCUT2D eigenvalue weighted by atomic mass is 16.2. The fourth-order valence-electron chi connectivity index (χ4n) is 4.96. The highest BCUT2D eigenvalue weighted by Crippen LogP contribution is 2.38. The molecule has 1 spiro atoms. The van der Waals surface area contributed by atoms with Crippen molar-refractivity contribution < 1.29 is 9.59 Å². The van der Waals surface area contributed by atoms with Crippen molar-refractivity contribution in [1.82, 2.24) is 29.5 Å². The van der Waals surface area contributed by atoms with E-state index in [4.69, 9.17) is 0 Å². The van der Waals surface area contributed by atoms with E-state index in [-0.39, 0.29) is 11.9 Å². The van der Waals surface area contributed by atoms with Gasteiger partial charge in [-0.3, -0.25) is 24.3 Å². The fourth-order valence-corrected chi connectivity index (χ4v) is 4.96. The average molecular weight is 439 g/mol. The Morgan fingerprint density at radius 2 is 1.91 bits per heavy atom. The molecule has 2 aromatic heterocycles. The number of nitrogens with zero attached hydrogens (tertiary/aromatic N) is 6. The van der Waals surface area contributed by atoms with Crippen LogP contribution in [0.5, 0.6) is 0 Å².